The van der Waals surface area contributed by atoms with Crippen molar-refractivity contribution in [3.8, 4) is 0 Å². The van der Waals surface area contributed by atoms with Crippen LogP contribution in [-0.4, -0.2) is 29.2 Å². The molecule has 2 aromatic carbocycles. The van der Waals surface area contributed by atoms with Gasteiger partial charge in [-0.05, 0) is 64.1 Å². The number of nitrogens with zero attached hydrogens (tertiary/aromatic N) is 1. The number of imide groups is 1. The van der Waals surface area contributed by atoms with Crippen molar-refractivity contribution < 1.29 is 23.1 Å². The van der Waals surface area contributed by atoms with Gasteiger partial charge in [-0.2, -0.15) is 0 Å². The van der Waals surface area contributed by atoms with Gasteiger partial charge in [-0.1, -0.05) is 6.07 Å². The second-order valence-electron chi connectivity index (χ2n) is 6.98. The number of anilines is 3. The summed E-state index contributed by atoms with van der Waals surface area (Å²) in [5, 5.41) is 5.41. The van der Waals surface area contributed by atoms with Crippen molar-refractivity contribution >= 4 is 29.2 Å². The van der Waals surface area contributed by atoms with E-state index in [1.54, 1.807) is 33.8 Å². The van der Waals surface area contributed by atoms with E-state index in [0.717, 1.165) is 17.0 Å². The molecule has 0 aliphatic carbocycles. The van der Waals surface area contributed by atoms with Crippen LogP contribution in [0.2, 0.25) is 0 Å². The summed E-state index contributed by atoms with van der Waals surface area (Å²) < 4.78 is 32.3. The van der Waals surface area contributed by atoms with Crippen molar-refractivity contribution in [2.45, 2.75) is 33.3 Å². The molecule has 2 rings (SSSR count). The minimum atomic E-state index is -0.797. The van der Waals surface area contributed by atoms with Gasteiger partial charge in [0.2, 0.25) is 0 Å². The maximum absolute atomic E-state index is 13.7. The fourth-order valence-electron chi connectivity index (χ4n) is 2.31. The van der Waals surface area contributed by atoms with E-state index < -0.39 is 29.4 Å². The number of halogens is 2. The quantitative estimate of drug-likeness (QED) is 0.722. The number of rotatable bonds is 4. The van der Waals surface area contributed by atoms with E-state index in [1.807, 2.05) is 0 Å². The summed E-state index contributed by atoms with van der Waals surface area (Å²) in [6, 6.07) is 8.54. The van der Waals surface area contributed by atoms with Crippen LogP contribution in [0, 0.1) is 11.6 Å². The zero-order valence-electron chi connectivity index (χ0n) is 16.2. The lowest BCUT2D eigenvalue weighted by Gasteiger charge is -2.25. The monoisotopic (exact) mass is 391 g/mol. The fraction of sp³-hybridized carbons (Fsp3) is 0.300. The molecule has 0 saturated carbocycles. The Morgan fingerprint density at radius 1 is 1.04 bits per heavy atom. The summed E-state index contributed by atoms with van der Waals surface area (Å²) in [6.45, 7) is 6.78. The highest BCUT2D eigenvalue weighted by molar-refractivity contribution is 6.01. The predicted molar refractivity (Wildman–Crippen MR) is 104 cm³/mol. The van der Waals surface area contributed by atoms with Gasteiger partial charge in [0, 0.05) is 12.2 Å². The molecular weight excluding hydrogens is 368 g/mol. The normalized spacial score (nSPS) is 10.9. The number of carbonyl (C=O) groups is 2. The average Bonchev–Trinajstić information content (AvgIpc) is 2.56. The smallest absolute Gasteiger partial charge is 0.418 e. The topological polar surface area (TPSA) is 70.7 Å². The minimum absolute atomic E-state index is 0.0780. The predicted octanol–water partition coefficient (Wildman–Crippen LogP) is 5.50. The third-order valence-corrected chi connectivity index (χ3v) is 3.50. The molecule has 0 fully saturated rings. The standard InChI is InChI=1S/C20H23F2N3O3/c1-5-25(19(27)28-20(2,3)4)18(26)24-16-10-9-14(22)12-17(16)23-15-8-6-7-13(21)11-15/h6-12,23H,5H2,1-4H3,(H,24,26). The lowest BCUT2D eigenvalue weighted by atomic mass is 10.2. The Balaban J connectivity index is 2.22. The highest BCUT2D eigenvalue weighted by Gasteiger charge is 2.26. The molecular formula is C20H23F2N3O3. The summed E-state index contributed by atoms with van der Waals surface area (Å²) >= 11 is 0. The van der Waals surface area contributed by atoms with E-state index in [-0.39, 0.29) is 17.9 Å². The molecule has 8 heteroatoms. The molecule has 0 aliphatic rings. The van der Waals surface area contributed by atoms with E-state index in [4.69, 9.17) is 4.74 Å². The van der Waals surface area contributed by atoms with Crippen LogP contribution in [0.15, 0.2) is 42.5 Å². The van der Waals surface area contributed by atoms with Gasteiger partial charge in [0.15, 0.2) is 0 Å². The average molecular weight is 391 g/mol. The molecule has 0 aromatic heterocycles. The molecule has 6 nitrogen and oxygen atoms in total. The minimum Gasteiger partial charge on any atom is -0.443 e. The van der Waals surface area contributed by atoms with Crippen molar-refractivity contribution in [3.63, 3.8) is 0 Å². The molecule has 150 valence electrons. The van der Waals surface area contributed by atoms with Crippen molar-refractivity contribution in [1.82, 2.24) is 4.90 Å². The molecule has 0 heterocycles. The van der Waals surface area contributed by atoms with Gasteiger partial charge in [-0.25, -0.2) is 23.3 Å². The van der Waals surface area contributed by atoms with Crippen LogP contribution in [-0.2, 0) is 4.74 Å². The van der Waals surface area contributed by atoms with Gasteiger partial charge in [-0.3, -0.25) is 0 Å². The van der Waals surface area contributed by atoms with Crippen LogP contribution >= 0.6 is 0 Å². The van der Waals surface area contributed by atoms with Crippen LogP contribution in [0.4, 0.5) is 35.4 Å². The van der Waals surface area contributed by atoms with Gasteiger partial charge in [0.25, 0.3) is 0 Å². The molecule has 0 saturated heterocycles. The van der Waals surface area contributed by atoms with Crippen molar-refractivity contribution in [1.29, 1.82) is 0 Å². The summed E-state index contributed by atoms with van der Waals surface area (Å²) in [5.74, 6) is -1.01. The zero-order valence-corrected chi connectivity index (χ0v) is 16.2. The van der Waals surface area contributed by atoms with E-state index >= 15 is 0 Å². The number of urea groups is 1. The molecule has 0 bridgehead atoms. The van der Waals surface area contributed by atoms with Crippen LogP contribution < -0.4 is 10.6 Å². The molecule has 0 atom stereocenters. The van der Waals surface area contributed by atoms with E-state index in [0.29, 0.717) is 5.69 Å². The molecule has 2 aromatic rings. The Hall–Kier alpha value is -3.16. The van der Waals surface area contributed by atoms with Crippen LogP contribution in [0.3, 0.4) is 0 Å². The summed E-state index contributed by atoms with van der Waals surface area (Å²) in [5.41, 5.74) is 0.0440. The zero-order chi connectivity index (χ0) is 20.9. The lowest BCUT2D eigenvalue weighted by Crippen LogP contribution is -2.43. The van der Waals surface area contributed by atoms with Gasteiger partial charge < -0.3 is 15.4 Å². The molecule has 0 unspecified atom stereocenters. The van der Waals surface area contributed by atoms with Gasteiger partial charge in [0.1, 0.15) is 17.2 Å². The van der Waals surface area contributed by atoms with E-state index in [2.05, 4.69) is 10.6 Å². The number of benzene rings is 2. The van der Waals surface area contributed by atoms with Gasteiger partial charge in [0.05, 0.1) is 11.4 Å². The molecule has 28 heavy (non-hydrogen) atoms. The van der Waals surface area contributed by atoms with Crippen molar-refractivity contribution in [2.75, 3.05) is 17.2 Å². The first kappa shape index (κ1) is 21.1. The van der Waals surface area contributed by atoms with Crippen molar-refractivity contribution in [2.24, 2.45) is 0 Å². The second-order valence-corrected chi connectivity index (χ2v) is 6.98. The number of hydrogen-bond acceptors (Lipinski definition) is 4. The number of nitrogens with one attached hydrogen (secondary N) is 2. The van der Waals surface area contributed by atoms with E-state index in [1.165, 1.54) is 24.3 Å². The third-order valence-electron chi connectivity index (χ3n) is 3.50. The first-order valence-corrected chi connectivity index (χ1v) is 8.72. The number of ether oxygens (including phenoxy) is 1. The molecule has 2 N–H and O–H groups in total. The summed E-state index contributed by atoms with van der Waals surface area (Å²) in [7, 11) is 0. The Bertz CT molecular complexity index is 866. The van der Waals surface area contributed by atoms with Crippen LogP contribution in [0.25, 0.3) is 0 Å². The number of carbonyl (C=O) groups excluding carboxylic acids is 2. The number of amides is 3. The first-order chi connectivity index (χ1) is 13.1. The first-order valence-electron chi connectivity index (χ1n) is 8.72. The SMILES string of the molecule is CCN(C(=O)Nc1ccc(F)cc1Nc1cccc(F)c1)C(=O)OC(C)(C)C. The summed E-state index contributed by atoms with van der Waals surface area (Å²) in [4.78, 5) is 25.7. The van der Waals surface area contributed by atoms with Crippen LogP contribution in [0.1, 0.15) is 27.7 Å². The van der Waals surface area contributed by atoms with Crippen molar-refractivity contribution in [3.05, 3.63) is 54.1 Å². The molecule has 0 spiro atoms. The van der Waals surface area contributed by atoms with Gasteiger partial charge >= 0.3 is 12.1 Å². The number of hydrogen-bond donors (Lipinski definition) is 2. The van der Waals surface area contributed by atoms with Gasteiger partial charge in [-0.15, -0.1) is 0 Å². The summed E-state index contributed by atoms with van der Waals surface area (Å²) in [6.07, 6.45) is -0.797. The second kappa shape index (κ2) is 8.69. The molecule has 3 amide bonds. The Morgan fingerprint density at radius 3 is 2.32 bits per heavy atom. The van der Waals surface area contributed by atoms with E-state index in [9.17, 15) is 18.4 Å². The largest absolute Gasteiger partial charge is 0.443 e. The molecule has 0 radical (unpaired) electrons. The molecule has 0 aliphatic heterocycles. The Morgan fingerprint density at radius 2 is 1.71 bits per heavy atom. The third kappa shape index (κ3) is 5.94. The maximum Gasteiger partial charge on any atom is 0.418 e. The Labute approximate surface area is 162 Å². The highest BCUT2D eigenvalue weighted by atomic mass is 19.1. The highest BCUT2D eigenvalue weighted by Crippen LogP contribution is 2.27. The Kier molecular flexibility index (Phi) is 6.56. The lowest BCUT2D eigenvalue weighted by molar-refractivity contribution is 0.0340. The maximum atomic E-state index is 13.7. The van der Waals surface area contributed by atoms with Crippen LogP contribution in [0.5, 0.6) is 0 Å². The fourth-order valence-corrected chi connectivity index (χ4v) is 2.31.